The first-order chi connectivity index (χ1) is 9.69. The van der Waals surface area contributed by atoms with Crippen LogP contribution in [0, 0.1) is 0 Å². The monoisotopic (exact) mass is 275 g/mol. The third kappa shape index (κ3) is 2.96. The molecule has 0 unspecified atom stereocenters. The lowest BCUT2D eigenvalue weighted by molar-refractivity contribution is 0.850. The van der Waals surface area contributed by atoms with Gasteiger partial charge >= 0.3 is 0 Å². The van der Waals surface area contributed by atoms with Crippen LogP contribution in [0.15, 0.2) is 5.11 Å². The van der Waals surface area contributed by atoms with Crippen molar-refractivity contribution >= 4 is 0 Å². The van der Waals surface area contributed by atoms with Gasteiger partial charge in [0.25, 0.3) is 0 Å². The van der Waals surface area contributed by atoms with E-state index in [1.165, 1.54) is 27.8 Å². The average molecular weight is 275 g/mol. The third-order valence-corrected chi connectivity index (χ3v) is 3.95. The molecule has 0 aliphatic carbocycles. The zero-order valence-electron chi connectivity index (χ0n) is 12.7. The topological polar surface area (TPSA) is 101 Å². The molecule has 0 spiro atoms. The maximum atomic E-state index is 8.62. The largest absolute Gasteiger partial charge is 0.326 e. The number of hydrogen-bond acceptors (Lipinski definition) is 3. The van der Waals surface area contributed by atoms with E-state index in [1.807, 2.05) is 0 Å². The quantitative estimate of drug-likeness (QED) is 0.454. The molecule has 0 aliphatic rings. The van der Waals surface area contributed by atoms with E-state index in [0.717, 1.165) is 24.8 Å². The molecule has 0 atom stereocenters. The Kier molecular flexibility index (Phi) is 6.52. The van der Waals surface area contributed by atoms with Crippen LogP contribution in [-0.4, -0.2) is 0 Å². The minimum absolute atomic E-state index is 0.382. The summed E-state index contributed by atoms with van der Waals surface area (Å²) in [6.45, 7) is 7.77. The number of benzene rings is 1. The van der Waals surface area contributed by atoms with Crippen LogP contribution in [-0.2, 0) is 38.9 Å². The Labute approximate surface area is 121 Å². The normalized spacial score (nSPS) is 10.4. The predicted octanol–water partition coefficient (Wildman–Crippen LogP) is 3.10. The van der Waals surface area contributed by atoms with Crippen LogP contribution in [0.3, 0.4) is 0 Å². The van der Waals surface area contributed by atoms with E-state index in [-0.39, 0.29) is 0 Å². The summed E-state index contributed by atoms with van der Waals surface area (Å²) < 4.78 is 0. The van der Waals surface area contributed by atoms with Crippen molar-refractivity contribution in [1.82, 2.24) is 0 Å². The molecular formula is C15H25N5. The van der Waals surface area contributed by atoms with E-state index >= 15 is 0 Å². The minimum atomic E-state index is 0.382. The highest BCUT2D eigenvalue weighted by Gasteiger charge is 2.19. The van der Waals surface area contributed by atoms with Crippen LogP contribution in [0.4, 0.5) is 0 Å². The molecule has 0 radical (unpaired) electrons. The Morgan fingerprint density at radius 3 is 1.50 bits per heavy atom. The molecule has 0 fully saturated rings. The molecule has 1 rings (SSSR count). The predicted molar refractivity (Wildman–Crippen MR) is 83.2 cm³/mol. The van der Waals surface area contributed by atoms with Crippen molar-refractivity contribution in [1.29, 1.82) is 0 Å². The average Bonchev–Trinajstić information content (AvgIpc) is 2.49. The molecule has 1 aromatic carbocycles. The Hall–Kier alpha value is -1.55. The molecule has 0 heterocycles. The van der Waals surface area contributed by atoms with Crippen molar-refractivity contribution in [3.8, 4) is 0 Å². The Balaban J connectivity index is 3.73. The van der Waals surface area contributed by atoms with Gasteiger partial charge in [-0.05, 0) is 58.2 Å². The second-order valence-electron chi connectivity index (χ2n) is 4.73. The van der Waals surface area contributed by atoms with Gasteiger partial charge in [-0.15, -0.1) is 0 Å². The fourth-order valence-corrected chi connectivity index (χ4v) is 3.16. The molecule has 0 saturated heterocycles. The highest BCUT2D eigenvalue weighted by molar-refractivity contribution is 5.52. The summed E-state index contributed by atoms with van der Waals surface area (Å²) in [4.78, 5) is 2.90. The number of nitrogens with zero attached hydrogens (tertiary/aromatic N) is 3. The van der Waals surface area contributed by atoms with Gasteiger partial charge in [-0.1, -0.05) is 25.9 Å². The van der Waals surface area contributed by atoms with Crippen LogP contribution in [0.2, 0.25) is 0 Å². The smallest absolute Gasteiger partial charge is 0.0516 e. The second-order valence-corrected chi connectivity index (χ2v) is 4.73. The first kappa shape index (κ1) is 16.5. The van der Waals surface area contributed by atoms with Crippen LogP contribution in [0.5, 0.6) is 0 Å². The SMILES string of the molecule is CCc1c(CN)c(CC)c(CN=[N+]=[N-])c(CC)c1CN. The summed E-state index contributed by atoms with van der Waals surface area (Å²) in [5.41, 5.74) is 27.8. The molecule has 1 aromatic rings. The van der Waals surface area contributed by atoms with Gasteiger partial charge in [-0.25, -0.2) is 0 Å². The Bertz CT molecular complexity index is 482. The minimum Gasteiger partial charge on any atom is -0.326 e. The number of hydrogen-bond donors (Lipinski definition) is 2. The van der Waals surface area contributed by atoms with Crippen molar-refractivity contribution in [2.24, 2.45) is 16.6 Å². The third-order valence-electron chi connectivity index (χ3n) is 3.95. The van der Waals surface area contributed by atoms with E-state index in [1.54, 1.807) is 0 Å². The van der Waals surface area contributed by atoms with E-state index in [4.69, 9.17) is 17.0 Å². The van der Waals surface area contributed by atoms with Crippen LogP contribution < -0.4 is 11.5 Å². The van der Waals surface area contributed by atoms with E-state index in [0.29, 0.717) is 19.6 Å². The highest BCUT2D eigenvalue weighted by atomic mass is 15.1. The molecular weight excluding hydrogens is 250 g/mol. The molecule has 5 heteroatoms. The fourth-order valence-electron chi connectivity index (χ4n) is 3.16. The molecule has 0 saturated carbocycles. The van der Waals surface area contributed by atoms with Gasteiger partial charge in [-0.2, -0.15) is 0 Å². The summed E-state index contributed by atoms with van der Waals surface area (Å²) in [6.07, 6.45) is 2.72. The molecule has 4 N–H and O–H groups in total. The molecule has 20 heavy (non-hydrogen) atoms. The van der Waals surface area contributed by atoms with Crippen LogP contribution >= 0.6 is 0 Å². The lowest BCUT2D eigenvalue weighted by atomic mass is 9.83. The Morgan fingerprint density at radius 1 is 0.800 bits per heavy atom. The Morgan fingerprint density at radius 2 is 1.20 bits per heavy atom. The standard InChI is InChI=1S/C15H25N5/c1-4-10-13(7-16)11(5-2)15(9-19-20-18)12(6-3)14(10)8-17/h4-9,16-17H2,1-3H3. The van der Waals surface area contributed by atoms with Crippen molar-refractivity contribution in [3.05, 3.63) is 43.8 Å². The fraction of sp³-hybridized carbons (Fsp3) is 0.600. The zero-order valence-corrected chi connectivity index (χ0v) is 12.7. The maximum absolute atomic E-state index is 8.62. The van der Waals surface area contributed by atoms with E-state index in [2.05, 4.69) is 30.8 Å². The van der Waals surface area contributed by atoms with Crippen molar-refractivity contribution < 1.29 is 0 Å². The second kappa shape index (κ2) is 7.90. The van der Waals surface area contributed by atoms with Gasteiger partial charge in [0.2, 0.25) is 0 Å². The van der Waals surface area contributed by atoms with Crippen molar-refractivity contribution in [2.45, 2.75) is 59.7 Å². The van der Waals surface area contributed by atoms with Gasteiger partial charge < -0.3 is 11.5 Å². The van der Waals surface area contributed by atoms with Gasteiger partial charge in [0.15, 0.2) is 0 Å². The lowest BCUT2D eigenvalue weighted by Crippen LogP contribution is -2.17. The van der Waals surface area contributed by atoms with Gasteiger partial charge in [0.1, 0.15) is 0 Å². The summed E-state index contributed by atoms with van der Waals surface area (Å²) in [7, 11) is 0. The molecule has 0 aromatic heterocycles. The summed E-state index contributed by atoms with van der Waals surface area (Å²) >= 11 is 0. The molecule has 0 amide bonds. The first-order valence-corrected chi connectivity index (χ1v) is 7.28. The molecule has 0 aliphatic heterocycles. The van der Waals surface area contributed by atoms with Crippen LogP contribution in [0.1, 0.15) is 54.2 Å². The number of rotatable bonds is 7. The summed E-state index contributed by atoms with van der Waals surface area (Å²) in [5.74, 6) is 0. The zero-order chi connectivity index (χ0) is 15.1. The summed E-state index contributed by atoms with van der Waals surface area (Å²) in [6, 6.07) is 0. The van der Waals surface area contributed by atoms with E-state index < -0.39 is 0 Å². The lowest BCUT2D eigenvalue weighted by Gasteiger charge is -2.24. The molecule has 110 valence electrons. The van der Waals surface area contributed by atoms with Gasteiger partial charge in [0, 0.05) is 18.0 Å². The van der Waals surface area contributed by atoms with Gasteiger partial charge in [0.05, 0.1) is 6.54 Å². The van der Waals surface area contributed by atoms with Gasteiger partial charge in [-0.3, -0.25) is 0 Å². The highest BCUT2D eigenvalue weighted by Crippen LogP contribution is 2.30. The number of nitrogens with two attached hydrogens (primary N) is 2. The van der Waals surface area contributed by atoms with Crippen molar-refractivity contribution in [2.75, 3.05) is 0 Å². The first-order valence-electron chi connectivity index (χ1n) is 7.28. The summed E-state index contributed by atoms with van der Waals surface area (Å²) in [5, 5.41) is 3.76. The van der Waals surface area contributed by atoms with Crippen molar-refractivity contribution in [3.63, 3.8) is 0 Å². The van der Waals surface area contributed by atoms with Crippen LogP contribution in [0.25, 0.3) is 10.4 Å². The van der Waals surface area contributed by atoms with E-state index in [9.17, 15) is 0 Å². The number of azide groups is 1. The maximum Gasteiger partial charge on any atom is 0.0516 e. The molecule has 5 nitrogen and oxygen atoms in total. The molecule has 0 bridgehead atoms.